The van der Waals surface area contributed by atoms with Gasteiger partial charge in [0.05, 0.1) is 5.02 Å². The molecule has 3 atom stereocenters. The smallest absolute Gasteiger partial charge is 0.340 e. The second-order valence-corrected chi connectivity index (χ2v) is 7.33. The average Bonchev–Trinajstić information content (AvgIpc) is 2.49. The van der Waals surface area contributed by atoms with Gasteiger partial charge in [-0.1, -0.05) is 50.9 Å². The van der Waals surface area contributed by atoms with Crippen LogP contribution in [0.15, 0.2) is 18.2 Å². The fourth-order valence-corrected chi connectivity index (χ4v) is 3.60. The molecular formula is C18H25ClO4. The maximum absolute atomic E-state index is 12.5. The van der Waals surface area contributed by atoms with Crippen LogP contribution in [-0.2, 0) is 9.53 Å². The largest absolute Gasteiger partial charge is 0.506 e. The summed E-state index contributed by atoms with van der Waals surface area (Å²) in [6.07, 6.45) is 2.19. The molecular weight excluding hydrogens is 316 g/mol. The molecule has 128 valence electrons. The first-order valence-electron chi connectivity index (χ1n) is 8.15. The summed E-state index contributed by atoms with van der Waals surface area (Å²) in [5, 5.41) is 20.3. The van der Waals surface area contributed by atoms with E-state index in [2.05, 4.69) is 6.92 Å². The number of hydrogen-bond donors (Lipinski definition) is 2. The predicted molar refractivity (Wildman–Crippen MR) is 89.4 cm³/mol. The molecule has 0 heterocycles. The normalized spacial score (nSPS) is 26.1. The number of aromatic hydroxyl groups is 1. The van der Waals surface area contributed by atoms with Crippen molar-refractivity contribution >= 4 is 17.6 Å². The Bertz CT molecular complexity index is 572. The van der Waals surface area contributed by atoms with Crippen LogP contribution < -0.4 is 0 Å². The van der Waals surface area contributed by atoms with Crippen LogP contribution in [0.2, 0.25) is 5.02 Å². The molecule has 0 bridgehead atoms. The van der Waals surface area contributed by atoms with Crippen molar-refractivity contribution in [3.8, 4) is 5.75 Å². The van der Waals surface area contributed by atoms with E-state index in [0.717, 1.165) is 25.7 Å². The molecule has 0 spiro atoms. The Balaban J connectivity index is 2.20. The van der Waals surface area contributed by atoms with Gasteiger partial charge in [-0.2, -0.15) is 0 Å². The number of aliphatic hydroxyl groups excluding tert-OH is 1. The van der Waals surface area contributed by atoms with Crippen LogP contribution >= 0.6 is 11.6 Å². The van der Waals surface area contributed by atoms with Crippen molar-refractivity contribution in [1.82, 2.24) is 0 Å². The molecule has 1 fully saturated rings. The van der Waals surface area contributed by atoms with E-state index in [1.807, 2.05) is 13.8 Å². The highest BCUT2D eigenvalue weighted by atomic mass is 35.5. The van der Waals surface area contributed by atoms with Gasteiger partial charge >= 0.3 is 5.97 Å². The fourth-order valence-electron chi connectivity index (χ4n) is 3.41. The molecule has 1 aromatic rings. The third kappa shape index (κ3) is 3.81. The number of esters is 1. The number of carbonyl (C=O) groups excluding carboxylic acids is 1. The first-order chi connectivity index (χ1) is 10.8. The van der Waals surface area contributed by atoms with Crippen molar-refractivity contribution in [1.29, 1.82) is 0 Å². The number of aliphatic hydroxyl groups is 1. The number of halogens is 1. The van der Waals surface area contributed by atoms with Crippen molar-refractivity contribution in [3.63, 3.8) is 0 Å². The Labute approximate surface area is 142 Å². The third-order valence-corrected chi connectivity index (χ3v) is 5.19. The predicted octanol–water partition coefficient (Wildman–Crippen LogP) is 4.23. The molecule has 0 radical (unpaired) electrons. The molecule has 0 aliphatic heterocycles. The zero-order valence-corrected chi connectivity index (χ0v) is 14.6. The van der Waals surface area contributed by atoms with E-state index in [-0.39, 0.29) is 22.3 Å². The quantitative estimate of drug-likeness (QED) is 0.805. The fraction of sp³-hybridized carbons (Fsp3) is 0.611. The lowest BCUT2D eigenvalue weighted by Crippen LogP contribution is -2.45. The summed E-state index contributed by atoms with van der Waals surface area (Å²) in [6, 6.07) is 4.55. The van der Waals surface area contributed by atoms with Gasteiger partial charge in [0.25, 0.3) is 0 Å². The summed E-state index contributed by atoms with van der Waals surface area (Å²) in [5.74, 6) is -0.371. The number of benzene rings is 1. The lowest BCUT2D eigenvalue weighted by molar-refractivity contribution is -0.182. The van der Waals surface area contributed by atoms with E-state index in [4.69, 9.17) is 16.3 Å². The second-order valence-electron chi connectivity index (χ2n) is 6.92. The highest BCUT2D eigenvalue weighted by Gasteiger charge is 2.42. The topological polar surface area (TPSA) is 66.8 Å². The summed E-state index contributed by atoms with van der Waals surface area (Å²) in [6.45, 7) is 6.23. The standard InChI is InChI=1S/C18H25ClO4/c1-11(2)18(9-5-6-12(3)10-18)23-17(22)16(21)13-7-4-8-14(19)15(13)20/h4,7-8,11-12,16,20-21H,5-6,9-10H2,1-3H3. The maximum Gasteiger partial charge on any atom is 0.340 e. The summed E-state index contributed by atoms with van der Waals surface area (Å²) in [4.78, 5) is 12.5. The molecule has 3 unspecified atom stereocenters. The SMILES string of the molecule is CC1CCCC(OC(=O)C(O)c2cccc(Cl)c2O)(C(C)C)C1. The number of ether oxygens (including phenoxy) is 1. The second kappa shape index (κ2) is 7.10. The maximum atomic E-state index is 12.5. The highest BCUT2D eigenvalue weighted by molar-refractivity contribution is 6.32. The summed E-state index contributed by atoms with van der Waals surface area (Å²) < 4.78 is 5.78. The lowest BCUT2D eigenvalue weighted by Gasteiger charge is -2.43. The molecule has 0 aromatic heterocycles. The van der Waals surface area contributed by atoms with Crippen LogP contribution in [0.4, 0.5) is 0 Å². The number of phenols is 1. The number of rotatable bonds is 4. The van der Waals surface area contributed by atoms with Gasteiger partial charge in [-0.3, -0.25) is 0 Å². The Kier molecular flexibility index (Phi) is 5.58. The molecule has 2 N–H and O–H groups in total. The van der Waals surface area contributed by atoms with Crippen LogP contribution in [0.5, 0.6) is 5.75 Å². The van der Waals surface area contributed by atoms with Crippen molar-refractivity contribution in [2.45, 2.75) is 58.2 Å². The van der Waals surface area contributed by atoms with Crippen LogP contribution in [0, 0.1) is 11.8 Å². The lowest BCUT2D eigenvalue weighted by atomic mass is 9.73. The van der Waals surface area contributed by atoms with Gasteiger partial charge in [0.15, 0.2) is 6.10 Å². The monoisotopic (exact) mass is 340 g/mol. The van der Waals surface area contributed by atoms with E-state index in [0.29, 0.717) is 5.92 Å². The van der Waals surface area contributed by atoms with Gasteiger partial charge in [0.2, 0.25) is 0 Å². The number of phenolic OH excluding ortho intramolecular Hbond substituents is 1. The van der Waals surface area contributed by atoms with Gasteiger partial charge in [-0.05, 0) is 37.2 Å². The van der Waals surface area contributed by atoms with Crippen molar-refractivity contribution in [2.24, 2.45) is 11.8 Å². The van der Waals surface area contributed by atoms with Crippen molar-refractivity contribution < 1.29 is 19.7 Å². The summed E-state index contributed by atoms with van der Waals surface area (Å²) >= 11 is 5.84. The highest BCUT2D eigenvalue weighted by Crippen LogP contribution is 2.42. The summed E-state index contributed by atoms with van der Waals surface area (Å²) in [5.41, 5.74) is -0.477. The van der Waals surface area contributed by atoms with E-state index >= 15 is 0 Å². The first-order valence-corrected chi connectivity index (χ1v) is 8.53. The number of carbonyl (C=O) groups is 1. The molecule has 23 heavy (non-hydrogen) atoms. The van der Waals surface area contributed by atoms with Gasteiger partial charge in [0.1, 0.15) is 11.4 Å². The molecule has 1 aliphatic carbocycles. The minimum Gasteiger partial charge on any atom is -0.506 e. The minimum absolute atomic E-state index is 0.0743. The Hall–Kier alpha value is -1.26. The molecule has 1 saturated carbocycles. The molecule has 1 aromatic carbocycles. The molecule has 0 amide bonds. The Morgan fingerprint density at radius 1 is 1.43 bits per heavy atom. The van der Waals surface area contributed by atoms with Gasteiger partial charge in [-0.25, -0.2) is 4.79 Å². The number of para-hydroxylation sites is 1. The third-order valence-electron chi connectivity index (χ3n) is 4.88. The Morgan fingerprint density at radius 3 is 2.74 bits per heavy atom. The van der Waals surface area contributed by atoms with Crippen LogP contribution in [-0.4, -0.2) is 21.8 Å². The van der Waals surface area contributed by atoms with Gasteiger partial charge in [0, 0.05) is 5.56 Å². The van der Waals surface area contributed by atoms with Crippen molar-refractivity contribution in [3.05, 3.63) is 28.8 Å². The summed E-state index contributed by atoms with van der Waals surface area (Å²) in [7, 11) is 0. The Morgan fingerprint density at radius 2 is 2.13 bits per heavy atom. The van der Waals surface area contributed by atoms with E-state index in [1.54, 1.807) is 6.07 Å². The molecule has 0 saturated heterocycles. The minimum atomic E-state index is -1.54. The van der Waals surface area contributed by atoms with E-state index < -0.39 is 17.7 Å². The molecule has 2 rings (SSSR count). The molecule has 5 heteroatoms. The van der Waals surface area contributed by atoms with E-state index in [1.165, 1.54) is 12.1 Å². The zero-order valence-electron chi connectivity index (χ0n) is 13.9. The molecule has 1 aliphatic rings. The van der Waals surface area contributed by atoms with Gasteiger partial charge in [-0.15, -0.1) is 0 Å². The van der Waals surface area contributed by atoms with Crippen LogP contribution in [0.25, 0.3) is 0 Å². The van der Waals surface area contributed by atoms with Gasteiger partial charge < -0.3 is 14.9 Å². The van der Waals surface area contributed by atoms with Crippen LogP contribution in [0.1, 0.15) is 58.1 Å². The zero-order chi connectivity index (χ0) is 17.2. The first kappa shape index (κ1) is 18.1. The van der Waals surface area contributed by atoms with Crippen LogP contribution in [0.3, 0.4) is 0 Å². The average molecular weight is 341 g/mol. The molecule has 4 nitrogen and oxygen atoms in total. The van der Waals surface area contributed by atoms with E-state index in [9.17, 15) is 15.0 Å². The van der Waals surface area contributed by atoms with Crippen molar-refractivity contribution in [2.75, 3.05) is 0 Å². The number of hydrogen-bond acceptors (Lipinski definition) is 4.